The first-order chi connectivity index (χ1) is 9.77. The summed E-state index contributed by atoms with van der Waals surface area (Å²) >= 11 is 0. The standard InChI is InChI=1S/C13H20N2O5S/c1-3-20-13(17)10-4-6-11(7-5-10)21(18,19)15-8-12(14)9(2)16/h4-7,9,12,15-16H,3,8,14H2,1-2H3. The molecule has 4 N–H and O–H groups in total. The first kappa shape index (κ1) is 17.6. The van der Waals surface area contributed by atoms with Gasteiger partial charge in [0, 0.05) is 12.6 Å². The fourth-order valence-corrected chi connectivity index (χ4v) is 2.52. The molecular weight excluding hydrogens is 296 g/mol. The van der Waals surface area contributed by atoms with E-state index < -0.39 is 28.1 Å². The first-order valence-corrected chi connectivity index (χ1v) is 7.96. The Morgan fingerprint density at radius 2 is 1.95 bits per heavy atom. The third-order valence-electron chi connectivity index (χ3n) is 2.80. The normalized spacial score (nSPS) is 14.5. The summed E-state index contributed by atoms with van der Waals surface area (Å²) in [6, 6.07) is 4.67. The summed E-state index contributed by atoms with van der Waals surface area (Å²) in [7, 11) is -3.74. The largest absolute Gasteiger partial charge is 0.462 e. The Kier molecular flexibility index (Phi) is 6.28. The van der Waals surface area contributed by atoms with E-state index in [2.05, 4.69) is 4.72 Å². The van der Waals surface area contributed by atoms with Gasteiger partial charge in [-0.1, -0.05) is 0 Å². The van der Waals surface area contributed by atoms with E-state index >= 15 is 0 Å². The third kappa shape index (κ3) is 5.09. The SMILES string of the molecule is CCOC(=O)c1ccc(S(=O)(=O)NCC(N)C(C)O)cc1. The van der Waals surface area contributed by atoms with Crippen LogP contribution in [0.15, 0.2) is 29.2 Å². The van der Waals surface area contributed by atoms with Crippen molar-refractivity contribution in [3.63, 3.8) is 0 Å². The molecule has 0 aromatic heterocycles. The van der Waals surface area contributed by atoms with Gasteiger partial charge in [-0.2, -0.15) is 0 Å². The summed E-state index contributed by atoms with van der Waals surface area (Å²) in [6.07, 6.45) is -0.820. The molecule has 0 aliphatic carbocycles. The van der Waals surface area contributed by atoms with Crippen molar-refractivity contribution in [2.24, 2.45) is 5.73 Å². The number of carbonyl (C=O) groups excluding carboxylic acids is 1. The van der Waals surface area contributed by atoms with E-state index in [9.17, 15) is 18.3 Å². The van der Waals surface area contributed by atoms with Crippen LogP contribution in [0.1, 0.15) is 24.2 Å². The van der Waals surface area contributed by atoms with E-state index in [0.717, 1.165) is 0 Å². The van der Waals surface area contributed by atoms with Crippen LogP contribution in [0.25, 0.3) is 0 Å². The number of rotatable bonds is 7. The number of carbonyl (C=O) groups is 1. The number of aliphatic hydroxyl groups is 1. The predicted molar refractivity (Wildman–Crippen MR) is 77.2 cm³/mol. The Labute approximate surface area is 124 Å². The second-order valence-corrected chi connectivity index (χ2v) is 6.27. The highest BCUT2D eigenvalue weighted by Gasteiger charge is 2.18. The molecule has 0 bridgehead atoms. The molecule has 1 rings (SSSR count). The van der Waals surface area contributed by atoms with Gasteiger partial charge in [-0.3, -0.25) is 0 Å². The van der Waals surface area contributed by atoms with Crippen molar-refractivity contribution in [1.82, 2.24) is 4.72 Å². The van der Waals surface area contributed by atoms with Gasteiger partial charge in [-0.15, -0.1) is 0 Å². The zero-order chi connectivity index (χ0) is 16.0. The molecule has 7 nitrogen and oxygen atoms in total. The highest BCUT2D eigenvalue weighted by atomic mass is 32.2. The summed E-state index contributed by atoms with van der Waals surface area (Å²) in [5, 5.41) is 9.23. The lowest BCUT2D eigenvalue weighted by Crippen LogP contribution is -2.43. The van der Waals surface area contributed by atoms with E-state index in [4.69, 9.17) is 10.5 Å². The lowest BCUT2D eigenvalue weighted by Gasteiger charge is -2.15. The molecule has 0 spiro atoms. The van der Waals surface area contributed by atoms with Crippen LogP contribution in [-0.2, 0) is 14.8 Å². The molecule has 2 atom stereocenters. The van der Waals surface area contributed by atoms with Gasteiger partial charge in [0.05, 0.1) is 23.2 Å². The van der Waals surface area contributed by atoms with Crippen LogP contribution in [-0.4, -0.2) is 44.8 Å². The highest BCUT2D eigenvalue weighted by molar-refractivity contribution is 7.89. The van der Waals surface area contributed by atoms with Crippen molar-refractivity contribution in [1.29, 1.82) is 0 Å². The van der Waals surface area contributed by atoms with Crippen molar-refractivity contribution in [2.45, 2.75) is 30.9 Å². The van der Waals surface area contributed by atoms with E-state index in [0.29, 0.717) is 0 Å². The number of nitrogens with one attached hydrogen (secondary N) is 1. The molecular formula is C13H20N2O5S. The quantitative estimate of drug-likeness (QED) is 0.602. The maximum atomic E-state index is 12.0. The molecule has 0 radical (unpaired) electrons. The average Bonchev–Trinajstić information content (AvgIpc) is 2.45. The van der Waals surface area contributed by atoms with E-state index in [1.54, 1.807) is 6.92 Å². The van der Waals surface area contributed by atoms with Gasteiger partial charge in [0.25, 0.3) is 0 Å². The number of esters is 1. The van der Waals surface area contributed by atoms with Gasteiger partial charge in [0.2, 0.25) is 10.0 Å². The van der Waals surface area contributed by atoms with Crippen molar-refractivity contribution in [3.8, 4) is 0 Å². The van der Waals surface area contributed by atoms with Gasteiger partial charge in [-0.25, -0.2) is 17.9 Å². The zero-order valence-corrected chi connectivity index (χ0v) is 12.8. The predicted octanol–water partition coefficient (Wildman–Crippen LogP) is -0.150. The van der Waals surface area contributed by atoms with E-state index in [1.807, 2.05) is 0 Å². The van der Waals surface area contributed by atoms with Gasteiger partial charge in [-0.05, 0) is 38.1 Å². The summed E-state index contributed by atoms with van der Waals surface area (Å²) in [4.78, 5) is 11.5. The van der Waals surface area contributed by atoms with Crippen LogP contribution in [0.5, 0.6) is 0 Å². The van der Waals surface area contributed by atoms with Crippen LogP contribution in [0.2, 0.25) is 0 Å². The van der Waals surface area contributed by atoms with Crippen molar-refractivity contribution in [3.05, 3.63) is 29.8 Å². The molecule has 0 fully saturated rings. The summed E-state index contributed by atoms with van der Waals surface area (Å²) in [6.45, 7) is 3.33. The van der Waals surface area contributed by atoms with Gasteiger partial charge < -0.3 is 15.6 Å². The van der Waals surface area contributed by atoms with Crippen molar-refractivity contribution in [2.75, 3.05) is 13.2 Å². The second kappa shape index (κ2) is 7.51. The minimum Gasteiger partial charge on any atom is -0.462 e. The number of benzene rings is 1. The van der Waals surface area contributed by atoms with Crippen LogP contribution in [0, 0.1) is 0 Å². The fourth-order valence-electron chi connectivity index (χ4n) is 1.44. The Morgan fingerprint density at radius 1 is 1.38 bits per heavy atom. The molecule has 2 unspecified atom stereocenters. The maximum Gasteiger partial charge on any atom is 0.338 e. The lowest BCUT2D eigenvalue weighted by molar-refractivity contribution is 0.0526. The molecule has 0 amide bonds. The number of nitrogens with two attached hydrogens (primary N) is 1. The first-order valence-electron chi connectivity index (χ1n) is 6.48. The molecule has 1 aromatic rings. The Balaban J connectivity index is 2.78. The molecule has 0 heterocycles. The van der Waals surface area contributed by atoms with Crippen molar-refractivity contribution >= 4 is 16.0 Å². The van der Waals surface area contributed by atoms with Crippen LogP contribution in [0.4, 0.5) is 0 Å². The third-order valence-corrected chi connectivity index (χ3v) is 4.24. The number of ether oxygens (including phenoxy) is 1. The molecule has 0 saturated carbocycles. The van der Waals surface area contributed by atoms with E-state index in [-0.39, 0.29) is 23.6 Å². The Hall–Kier alpha value is -1.48. The summed E-state index contributed by atoms with van der Waals surface area (Å²) in [5.41, 5.74) is 5.84. The number of sulfonamides is 1. The summed E-state index contributed by atoms with van der Waals surface area (Å²) < 4.78 is 31.1. The topological polar surface area (TPSA) is 119 Å². The minimum absolute atomic E-state index is 0.00772. The molecule has 0 saturated heterocycles. The van der Waals surface area contributed by atoms with Crippen LogP contribution in [0.3, 0.4) is 0 Å². The van der Waals surface area contributed by atoms with Gasteiger partial charge in [0.15, 0.2) is 0 Å². The minimum atomic E-state index is -3.74. The second-order valence-electron chi connectivity index (χ2n) is 4.50. The Morgan fingerprint density at radius 3 is 2.43 bits per heavy atom. The maximum absolute atomic E-state index is 12.0. The smallest absolute Gasteiger partial charge is 0.338 e. The zero-order valence-electron chi connectivity index (χ0n) is 11.9. The fraction of sp³-hybridized carbons (Fsp3) is 0.462. The number of hydrogen-bond acceptors (Lipinski definition) is 6. The molecule has 21 heavy (non-hydrogen) atoms. The molecule has 1 aromatic carbocycles. The van der Waals surface area contributed by atoms with Gasteiger partial charge in [0.1, 0.15) is 0 Å². The van der Waals surface area contributed by atoms with Crippen LogP contribution < -0.4 is 10.5 Å². The Bertz CT molecular complexity index is 569. The van der Waals surface area contributed by atoms with Gasteiger partial charge >= 0.3 is 5.97 Å². The molecule has 8 heteroatoms. The van der Waals surface area contributed by atoms with E-state index in [1.165, 1.54) is 31.2 Å². The highest BCUT2D eigenvalue weighted by Crippen LogP contribution is 2.11. The number of aliphatic hydroxyl groups excluding tert-OH is 1. The summed E-state index contributed by atoms with van der Waals surface area (Å²) in [5.74, 6) is -0.509. The lowest BCUT2D eigenvalue weighted by atomic mass is 10.2. The molecule has 0 aliphatic rings. The van der Waals surface area contributed by atoms with Crippen LogP contribution >= 0.6 is 0 Å². The van der Waals surface area contributed by atoms with Crippen molar-refractivity contribution < 1.29 is 23.1 Å². The monoisotopic (exact) mass is 316 g/mol. The molecule has 0 aliphatic heterocycles. The number of hydrogen-bond donors (Lipinski definition) is 3. The molecule has 118 valence electrons. The average molecular weight is 316 g/mol.